The van der Waals surface area contributed by atoms with E-state index in [1.807, 2.05) is 0 Å². The van der Waals surface area contributed by atoms with Gasteiger partial charge in [0.15, 0.2) is 0 Å². The van der Waals surface area contributed by atoms with Crippen LogP contribution in [0.15, 0.2) is 71.6 Å². The van der Waals surface area contributed by atoms with Crippen molar-refractivity contribution < 1.29 is 21.6 Å². The molecule has 0 radical (unpaired) electrons. The van der Waals surface area contributed by atoms with Crippen molar-refractivity contribution in [3.8, 4) is 0 Å². The minimum absolute atomic E-state index is 0.000499. The van der Waals surface area contributed by atoms with Crippen molar-refractivity contribution in [2.24, 2.45) is 0 Å². The lowest BCUT2D eigenvalue weighted by Gasteiger charge is -2.23. The summed E-state index contributed by atoms with van der Waals surface area (Å²) < 4.78 is 53.2. The lowest BCUT2D eigenvalue weighted by atomic mass is 10.2. The number of carbonyl (C=O) groups is 1. The number of hydrogen-bond donors (Lipinski definition) is 2. The Balaban J connectivity index is 1.74. The molecule has 3 rings (SSSR count). The summed E-state index contributed by atoms with van der Waals surface area (Å²) in [5, 5.41) is 2.94. The average Bonchev–Trinajstić information content (AvgIpc) is 2.74. The summed E-state index contributed by atoms with van der Waals surface area (Å²) in [5.41, 5.74) is 1.62. The minimum atomic E-state index is -3.84. The van der Waals surface area contributed by atoms with Crippen LogP contribution in [0, 0.1) is 6.92 Å². The number of para-hydroxylation sites is 1. The first kappa shape index (κ1) is 25.8. The zero-order valence-electron chi connectivity index (χ0n) is 18.1. The largest absolute Gasteiger partial charge is 0.325 e. The van der Waals surface area contributed by atoms with Crippen molar-refractivity contribution in [2.75, 3.05) is 27.1 Å². The smallest absolute Gasteiger partial charge is 0.261 e. The minimum Gasteiger partial charge on any atom is -0.325 e. The molecule has 8 nitrogen and oxygen atoms in total. The van der Waals surface area contributed by atoms with Crippen LogP contribution < -0.4 is 14.3 Å². The third-order valence-electron chi connectivity index (χ3n) is 4.70. The molecular formula is C22H21Cl2N3O5S2. The third-order valence-corrected chi connectivity index (χ3v) is 7.75. The monoisotopic (exact) mass is 541 g/mol. The number of halogens is 2. The molecule has 180 valence electrons. The van der Waals surface area contributed by atoms with Crippen molar-refractivity contribution in [2.45, 2.75) is 11.8 Å². The molecule has 3 aromatic carbocycles. The van der Waals surface area contributed by atoms with E-state index in [0.717, 1.165) is 16.1 Å². The van der Waals surface area contributed by atoms with Crippen LogP contribution in [0.3, 0.4) is 0 Å². The third kappa shape index (κ3) is 6.41. The van der Waals surface area contributed by atoms with E-state index in [9.17, 15) is 21.6 Å². The van der Waals surface area contributed by atoms with Gasteiger partial charge in [-0.15, -0.1) is 0 Å². The summed E-state index contributed by atoms with van der Waals surface area (Å²) in [5.74, 6) is -0.648. The number of sulfonamides is 2. The number of carbonyl (C=O) groups excluding carboxylic acids is 1. The van der Waals surface area contributed by atoms with Crippen LogP contribution >= 0.6 is 23.2 Å². The molecule has 2 N–H and O–H groups in total. The molecule has 0 aromatic heterocycles. The van der Waals surface area contributed by atoms with E-state index in [1.54, 1.807) is 31.2 Å². The fraction of sp³-hybridized carbons (Fsp3) is 0.136. The van der Waals surface area contributed by atoms with E-state index in [-0.39, 0.29) is 21.3 Å². The summed E-state index contributed by atoms with van der Waals surface area (Å²) in [6.45, 7) is 1.24. The molecule has 0 atom stereocenters. The number of rotatable bonds is 8. The van der Waals surface area contributed by atoms with Gasteiger partial charge in [-0.25, -0.2) is 16.8 Å². The molecule has 0 saturated heterocycles. The standard InChI is InChI=1S/C22H21Cl2N3O5S2/c1-15-5-3-4-6-20(15)26-34(31,32)18-10-8-17(9-11-18)25-22(28)14-27(33(2,29)30)21-12-7-16(23)13-19(21)24/h3-13,26H,14H2,1-2H3,(H,25,28). The number of amides is 1. The second kappa shape index (κ2) is 10.2. The quantitative estimate of drug-likeness (QED) is 0.435. The van der Waals surface area contributed by atoms with Gasteiger partial charge < -0.3 is 5.32 Å². The number of nitrogens with one attached hydrogen (secondary N) is 2. The van der Waals surface area contributed by atoms with E-state index in [2.05, 4.69) is 10.0 Å². The molecular weight excluding hydrogens is 521 g/mol. The van der Waals surface area contributed by atoms with Crippen LogP contribution in [0.5, 0.6) is 0 Å². The molecule has 0 bridgehead atoms. The molecule has 12 heteroatoms. The van der Waals surface area contributed by atoms with Crippen LogP contribution in [-0.2, 0) is 24.8 Å². The van der Waals surface area contributed by atoms with Crippen molar-refractivity contribution >= 4 is 66.2 Å². The first-order valence-electron chi connectivity index (χ1n) is 9.78. The summed E-state index contributed by atoms with van der Waals surface area (Å²) in [4.78, 5) is 12.6. The van der Waals surface area contributed by atoms with Gasteiger partial charge >= 0.3 is 0 Å². The Morgan fingerprint density at radius 3 is 2.18 bits per heavy atom. The number of aryl methyl sites for hydroxylation is 1. The van der Waals surface area contributed by atoms with E-state index >= 15 is 0 Å². The molecule has 0 fully saturated rings. The van der Waals surface area contributed by atoms with Crippen molar-refractivity contribution in [3.63, 3.8) is 0 Å². The molecule has 3 aromatic rings. The van der Waals surface area contributed by atoms with Crippen LogP contribution in [0.4, 0.5) is 17.1 Å². The molecule has 0 unspecified atom stereocenters. The van der Waals surface area contributed by atoms with E-state index in [1.165, 1.54) is 42.5 Å². The lowest BCUT2D eigenvalue weighted by Crippen LogP contribution is -2.37. The van der Waals surface area contributed by atoms with Gasteiger partial charge in [0.2, 0.25) is 15.9 Å². The van der Waals surface area contributed by atoms with Gasteiger partial charge in [-0.05, 0) is 61.0 Å². The van der Waals surface area contributed by atoms with E-state index in [4.69, 9.17) is 23.2 Å². The maximum absolute atomic E-state index is 12.7. The second-order valence-electron chi connectivity index (χ2n) is 7.36. The summed E-state index contributed by atoms with van der Waals surface area (Å²) in [6.07, 6.45) is 0.951. The highest BCUT2D eigenvalue weighted by atomic mass is 35.5. The molecule has 0 aliphatic carbocycles. The van der Waals surface area contributed by atoms with Gasteiger partial charge in [-0.1, -0.05) is 41.4 Å². The van der Waals surface area contributed by atoms with E-state index in [0.29, 0.717) is 10.7 Å². The van der Waals surface area contributed by atoms with Gasteiger partial charge in [0, 0.05) is 10.7 Å². The fourth-order valence-electron chi connectivity index (χ4n) is 3.00. The summed E-state index contributed by atoms with van der Waals surface area (Å²) in [6, 6.07) is 16.7. The predicted octanol–water partition coefficient (Wildman–Crippen LogP) is 4.51. The van der Waals surface area contributed by atoms with Crippen molar-refractivity contribution in [1.29, 1.82) is 0 Å². The first-order valence-corrected chi connectivity index (χ1v) is 13.9. The zero-order valence-corrected chi connectivity index (χ0v) is 21.3. The molecule has 0 saturated carbocycles. The predicted molar refractivity (Wildman–Crippen MR) is 136 cm³/mol. The lowest BCUT2D eigenvalue weighted by molar-refractivity contribution is -0.114. The summed E-state index contributed by atoms with van der Waals surface area (Å²) in [7, 11) is -7.68. The van der Waals surface area contributed by atoms with E-state index < -0.39 is 32.5 Å². The summed E-state index contributed by atoms with van der Waals surface area (Å²) >= 11 is 12.0. The molecule has 0 spiro atoms. The highest BCUT2D eigenvalue weighted by molar-refractivity contribution is 7.92. The Kier molecular flexibility index (Phi) is 7.77. The van der Waals surface area contributed by atoms with Gasteiger partial charge in [0.1, 0.15) is 6.54 Å². The van der Waals surface area contributed by atoms with Crippen LogP contribution in [-0.4, -0.2) is 35.5 Å². The number of anilines is 3. The van der Waals surface area contributed by atoms with Crippen LogP contribution in [0.2, 0.25) is 10.0 Å². The molecule has 34 heavy (non-hydrogen) atoms. The highest BCUT2D eigenvalue weighted by Crippen LogP contribution is 2.30. The normalized spacial score (nSPS) is 11.6. The SMILES string of the molecule is Cc1ccccc1NS(=O)(=O)c1ccc(NC(=O)CN(c2ccc(Cl)cc2Cl)S(C)(=O)=O)cc1. The Morgan fingerprint density at radius 1 is 0.941 bits per heavy atom. The van der Waals surface area contributed by atoms with Crippen LogP contribution in [0.25, 0.3) is 0 Å². The van der Waals surface area contributed by atoms with Gasteiger partial charge in [-0.3, -0.25) is 13.8 Å². The van der Waals surface area contributed by atoms with Gasteiger partial charge in [-0.2, -0.15) is 0 Å². The second-order valence-corrected chi connectivity index (χ2v) is 11.8. The maximum atomic E-state index is 12.7. The van der Waals surface area contributed by atoms with Gasteiger partial charge in [0.25, 0.3) is 10.0 Å². The highest BCUT2D eigenvalue weighted by Gasteiger charge is 2.23. The van der Waals surface area contributed by atoms with Crippen LogP contribution in [0.1, 0.15) is 5.56 Å². The Morgan fingerprint density at radius 2 is 1.59 bits per heavy atom. The Hall–Kier alpha value is -2.79. The number of nitrogens with zero attached hydrogens (tertiary/aromatic N) is 1. The molecule has 0 aliphatic rings. The maximum Gasteiger partial charge on any atom is 0.261 e. The first-order chi connectivity index (χ1) is 15.9. The topological polar surface area (TPSA) is 113 Å². The van der Waals surface area contributed by atoms with Crippen molar-refractivity contribution in [3.05, 3.63) is 82.3 Å². The number of benzene rings is 3. The fourth-order valence-corrected chi connectivity index (χ4v) is 5.56. The molecule has 0 heterocycles. The van der Waals surface area contributed by atoms with Gasteiger partial charge in [0.05, 0.1) is 27.5 Å². The Bertz CT molecular complexity index is 1430. The molecule has 1 amide bonds. The zero-order chi connectivity index (χ0) is 25.1. The molecule has 0 aliphatic heterocycles. The Labute approximate surface area is 208 Å². The number of hydrogen-bond acceptors (Lipinski definition) is 5. The average molecular weight is 542 g/mol. The van der Waals surface area contributed by atoms with Crippen molar-refractivity contribution in [1.82, 2.24) is 0 Å².